The van der Waals surface area contributed by atoms with Crippen LogP contribution < -0.4 is 5.32 Å². The predicted octanol–water partition coefficient (Wildman–Crippen LogP) is 3.56. The van der Waals surface area contributed by atoms with E-state index >= 15 is 0 Å². The highest BCUT2D eigenvalue weighted by Gasteiger charge is 2.42. The van der Waals surface area contributed by atoms with Crippen LogP contribution in [0.2, 0.25) is 0 Å². The molecule has 2 unspecified atom stereocenters. The van der Waals surface area contributed by atoms with Gasteiger partial charge < -0.3 is 10.2 Å². The predicted molar refractivity (Wildman–Crippen MR) is 89.8 cm³/mol. The molecule has 2 heteroatoms. The van der Waals surface area contributed by atoms with Crippen molar-refractivity contribution in [2.45, 2.75) is 45.4 Å². The molecule has 2 fully saturated rings. The van der Waals surface area contributed by atoms with E-state index in [4.69, 9.17) is 0 Å². The first-order valence-electron chi connectivity index (χ1n) is 8.73. The van der Waals surface area contributed by atoms with Gasteiger partial charge in [0.05, 0.1) is 0 Å². The van der Waals surface area contributed by atoms with Gasteiger partial charge in [-0.05, 0) is 69.8 Å². The lowest BCUT2D eigenvalue weighted by molar-refractivity contribution is 0.135. The Morgan fingerprint density at radius 2 is 2.14 bits per heavy atom. The van der Waals surface area contributed by atoms with Gasteiger partial charge >= 0.3 is 0 Å². The average Bonchev–Trinajstić information content (AvgIpc) is 2.71. The van der Waals surface area contributed by atoms with Gasteiger partial charge in [0.2, 0.25) is 0 Å². The summed E-state index contributed by atoms with van der Waals surface area (Å²) < 4.78 is 0. The fraction of sp³-hybridized carbons (Fsp3) is 0.684. The largest absolute Gasteiger partial charge is 0.316 e. The van der Waals surface area contributed by atoms with Crippen molar-refractivity contribution in [2.75, 3.05) is 32.7 Å². The number of nitrogens with one attached hydrogen (secondary N) is 1. The number of hydrogen-bond acceptors (Lipinski definition) is 2. The van der Waals surface area contributed by atoms with Crippen molar-refractivity contribution in [3.8, 4) is 0 Å². The molecule has 2 saturated heterocycles. The van der Waals surface area contributed by atoms with E-state index in [1.807, 2.05) is 0 Å². The van der Waals surface area contributed by atoms with E-state index in [0.717, 1.165) is 6.54 Å². The summed E-state index contributed by atoms with van der Waals surface area (Å²) in [6.45, 7) is 10.7. The van der Waals surface area contributed by atoms with Gasteiger partial charge in [0.25, 0.3) is 0 Å². The number of aryl methyl sites for hydroxylation is 1. The van der Waals surface area contributed by atoms with Gasteiger partial charge in [0.1, 0.15) is 0 Å². The average molecular weight is 286 g/mol. The zero-order valence-corrected chi connectivity index (χ0v) is 13.7. The van der Waals surface area contributed by atoms with Crippen LogP contribution in [0.5, 0.6) is 0 Å². The molecule has 2 heterocycles. The minimum Gasteiger partial charge on any atom is -0.316 e. The Hall–Kier alpha value is -0.860. The molecule has 2 aliphatic heterocycles. The third kappa shape index (κ3) is 3.17. The maximum Gasteiger partial charge on any atom is 0.00255 e. The highest BCUT2D eigenvalue weighted by Crippen LogP contribution is 2.48. The summed E-state index contributed by atoms with van der Waals surface area (Å²) >= 11 is 0. The minimum absolute atomic E-state index is 0.531. The van der Waals surface area contributed by atoms with Crippen molar-refractivity contribution in [1.82, 2.24) is 10.2 Å². The number of benzene rings is 1. The first-order chi connectivity index (χ1) is 10.2. The molecule has 2 aliphatic rings. The molecule has 2 nitrogen and oxygen atoms in total. The van der Waals surface area contributed by atoms with Crippen LogP contribution in [0.15, 0.2) is 24.3 Å². The van der Waals surface area contributed by atoms with Crippen molar-refractivity contribution in [2.24, 2.45) is 5.41 Å². The van der Waals surface area contributed by atoms with Crippen molar-refractivity contribution < 1.29 is 0 Å². The summed E-state index contributed by atoms with van der Waals surface area (Å²) in [5.41, 5.74) is 3.49. The van der Waals surface area contributed by atoms with Crippen LogP contribution in [0, 0.1) is 12.3 Å². The Morgan fingerprint density at radius 1 is 1.24 bits per heavy atom. The Labute approximate surface area is 129 Å². The smallest absolute Gasteiger partial charge is 0.00255 e. The van der Waals surface area contributed by atoms with E-state index in [0.29, 0.717) is 11.3 Å². The second-order valence-corrected chi connectivity index (χ2v) is 7.07. The number of hydrogen-bond donors (Lipinski definition) is 1. The van der Waals surface area contributed by atoms with E-state index < -0.39 is 0 Å². The lowest BCUT2D eigenvalue weighted by Gasteiger charge is -2.45. The molecule has 0 saturated carbocycles. The first-order valence-corrected chi connectivity index (χ1v) is 8.73. The zero-order valence-electron chi connectivity index (χ0n) is 13.7. The lowest BCUT2D eigenvalue weighted by atomic mass is 9.64. The molecular weight excluding hydrogens is 256 g/mol. The Bertz CT molecular complexity index is 470. The molecule has 0 aromatic heterocycles. The summed E-state index contributed by atoms with van der Waals surface area (Å²) in [6.07, 6.45) is 5.50. The topological polar surface area (TPSA) is 15.3 Å². The SMILES string of the molecule is CCN1CCCC2(CCNCC2c2cccc(C)c2)CC1. The molecule has 1 N–H and O–H groups in total. The van der Waals surface area contributed by atoms with Crippen molar-refractivity contribution >= 4 is 0 Å². The fourth-order valence-electron chi connectivity index (χ4n) is 4.52. The molecule has 116 valence electrons. The van der Waals surface area contributed by atoms with E-state index in [-0.39, 0.29) is 0 Å². The third-order valence-corrected chi connectivity index (χ3v) is 5.85. The third-order valence-electron chi connectivity index (χ3n) is 5.85. The van der Waals surface area contributed by atoms with Crippen molar-refractivity contribution in [3.63, 3.8) is 0 Å². The Balaban J connectivity index is 1.86. The first kappa shape index (κ1) is 15.1. The van der Waals surface area contributed by atoms with Crippen LogP contribution in [0.4, 0.5) is 0 Å². The summed E-state index contributed by atoms with van der Waals surface area (Å²) in [7, 11) is 0. The normalized spacial score (nSPS) is 31.2. The summed E-state index contributed by atoms with van der Waals surface area (Å²) in [5, 5.41) is 3.66. The molecule has 0 amide bonds. The summed E-state index contributed by atoms with van der Waals surface area (Å²) in [5.74, 6) is 0.697. The van der Waals surface area contributed by atoms with E-state index in [2.05, 4.69) is 48.3 Å². The molecule has 0 radical (unpaired) electrons. The molecule has 1 aromatic rings. The molecule has 1 spiro atoms. The van der Waals surface area contributed by atoms with Crippen LogP contribution in [0.1, 0.15) is 49.7 Å². The maximum atomic E-state index is 3.66. The summed E-state index contributed by atoms with van der Waals surface area (Å²) in [6, 6.07) is 9.23. The maximum absolute atomic E-state index is 3.66. The number of piperidine rings is 1. The molecule has 0 aliphatic carbocycles. The highest BCUT2D eigenvalue weighted by molar-refractivity contribution is 5.28. The Morgan fingerprint density at radius 3 is 2.95 bits per heavy atom. The molecule has 2 atom stereocenters. The second-order valence-electron chi connectivity index (χ2n) is 7.07. The molecular formula is C19H30N2. The molecule has 0 bridgehead atoms. The van der Waals surface area contributed by atoms with Crippen LogP contribution in [0.25, 0.3) is 0 Å². The van der Waals surface area contributed by atoms with Gasteiger partial charge in [-0.3, -0.25) is 0 Å². The lowest BCUT2D eigenvalue weighted by Crippen LogP contribution is -2.44. The zero-order chi connectivity index (χ0) is 14.7. The fourth-order valence-corrected chi connectivity index (χ4v) is 4.52. The van der Waals surface area contributed by atoms with E-state index in [9.17, 15) is 0 Å². The van der Waals surface area contributed by atoms with Crippen molar-refractivity contribution in [3.05, 3.63) is 35.4 Å². The monoisotopic (exact) mass is 286 g/mol. The van der Waals surface area contributed by atoms with Gasteiger partial charge in [-0.25, -0.2) is 0 Å². The molecule has 3 rings (SSSR count). The van der Waals surface area contributed by atoms with Crippen LogP contribution in [-0.4, -0.2) is 37.6 Å². The van der Waals surface area contributed by atoms with Gasteiger partial charge in [-0.15, -0.1) is 0 Å². The van der Waals surface area contributed by atoms with Gasteiger partial charge in [-0.2, -0.15) is 0 Å². The quantitative estimate of drug-likeness (QED) is 0.894. The van der Waals surface area contributed by atoms with Crippen LogP contribution >= 0.6 is 0 Å². The van der Waals surface area contributed by atoms with Crippen LogP contribution in [-0.2, 0) is 0 Å². The standard InChI is InChI=1S/C19H30N2/c1-3-21-12-5-8-19(10-13-21)9-11-20-15-18(19)17-7-4-6-16(2)14-17/h4,6-7,14,18,20H,3,5,8-13,15H2,1-2H3. The molecule has 21 heavy (non-hydrogen) atoms. The number of nitrogens with zero attached hydrogens (tertiary/aromatic N) is 1. The minimum atomic E-state index is 0.531. The number of rotatable bonds is 2. The second kappa shape index (κ2) is 6.50. The van der Waals surface area contributed by atoms with E-state index in [1.54, 1.807) is 5.56 Å². The number of likely N-dealkylation sites (tertiary alicyclic amines) is 1. The van der Waals surface area contributed by atoms with Gasteiger partial charge in [-0.1, -0.05) is 36.8 Å². The highest BCUT2D eigenvalue weighted by atomic mass is 15.1. The van der Waals surface area contributed by atoms with Crippen molar-refractivity contribution in [1.29, 1.82) is 0 Å². The van der Waals surface area contributed by atoms with Crippen LogP contribution in [0.3, 0.4) is 0 Å². The summed E-state index contributed by atoms with van der Waals surface area (Å²) in [4.78, 5) is 2.64. The molecule has 1 aromatic carbocycles. The Kier molecular flexibility index (Phi) is 4.66. The van der Waals surface area contributed by atoms with Gasteiger partial charge in [0.15, 0.2) is 0 Å². The van der Waals surface area contributed by atoms with Gasteiger partial charge in [0, 0.05) is 12.5 Å². The van der Waals surface area contributed by atoms with E-state index in [1.165, 1.54) is 57.4 Å².